The number of aromatic nitrogens is 1. The molecule has 178 valence electrons. The highest BCUT2D eigenvalue weighted by Crippen LogP contribution is 2.34. The molecule has 1 saturated heterocycles. The van der Waals surface area contributed by atoms with Crippen LogP contribution in [0.25, 0.3) is 11.5 Å². The van der Waals surface area contributed by atoms with Crippen molar-refractivity contribution >= 4 is 11.8 Å². The van der Waals surface area contributed by atoms with E-state index in [1.54, 1.807) is 6.26 Å². The molecule has 0 bridgehead atoms. The number of nitrogens with one attached hydrogen (secondary N) is 1. The maximum absolute atomic E-state index is 13.7. The Kier molecular flexibility index (Phi) is 6.32. The first kappa shape index (κ1) is 22.3. The Labute approximate surface area is 196 Å². The summed E-state index contributed by atoms with van der Waals surface area (Å²) in [4.78, 5) is 31.7. The van der Waals surface area contributed by atoms with Crippen molar-refractivity contribution in [2.75, 3.05) is 26.2 Å². The topological polar surface area (TPSA) is 70.7 Å². The van der Waals surface area contributed by atoms with Crippen LogP contribution in [0.3, 0.4) is 0 Å². The van der Waals surface area contributed by atoms with E-state index in [-0.39, 0.29) is 17.9 Å². The highest BCUT2D eigenvalue weighted by atomic mass is 16.3. The SMILES string of the molecule is C[C@@]1(C(=O)NC2CCCC2)Cn2c(ccc2-c2ccco2)C(=O)N1CCCN1CCCCC1. The van der Waals surface area contributed by atoms with Crippen molar-refractivity contribution in [1.29, 1.82) is 0 Å². The molecule has 7 nitrogen and oxygen atoms in total. The van der Waals surface area contributed by atoms with E-state index in [1.807, 2.05) is 40.7 Å². The molecule has 1 aliphatic carbocycles. The van der Waals surface area contributed by atoms with Gasteiger partial charge in [0.05, 0.1) is 18.5 Å². The van der Waals surface area contributed by atoms with Crippen LogP contribution in [0.5, 0.6) is 0 Å². The zero-order valence-corrected chi connectivity index (χ0v) is 19.7. The standard InChI is InChI=1S/C26H36N4O3/c1-26(25(32)27-20-9-3-4-10-20)19-29-21(23-11-7-18-33-23)12-13-22(29)24(31)30(26)17-8-16-28-14-5-2-6-15-28/h7,11-13,18,20H,2-6,8-10,14-17,19H2,1H3,(H,27,32)/t26-/m0/s1. The van der Waals surface area contributed by atoms with E-state index in [1.165, 1.54) is 19.3 Å². The third-order valence-corrected chi connectivity index (χ3v) is 7.76. The molecule has 2 aliphatic heterocycles. The third-order valence-electron chi connectivity index (χ3n) is 7.76. The van der Waals surface area contributed by atoms with Crippen LogP contribution in [0.4, 0.5) is 0 Å². The van der Waals surface area contributed by atoms with Crippen LogP contribution < -0.4 is 5.32 Å². The van der Waals surface area contributed by atoms with E-state index < -0.39 is 5.54 Å². The molecule has 0 aromatic carbocycles. The summed E-state index contributed by atoms with van der Waals surface area (Å²) in [6, 6.07) is 7.76. The number of carbonyl (C=O) groups excluding carboxylic acids is 2. The van der Waals surface area contributed by atoms with Crippen LogP contribution in [0, 0.1) is 0 Å². The fraction of sp³-hybridized carbons (Fsp3) is 0.615. The van der Waals surface area contributed by atoms with E-state index in [0.717, 1.165) is 57.4 Å². The molecule has 1 atom stereocenters. The number of carbonyl (C=O) groups is 2. The largest absolute Gasteiger partial charge is 0.463 e. The average molecular weight is 453 g/mol. The Morgan fingerprint density at radius 3 is 2.55 bits per heavy atom. The first-order chi connectivity index (χ1) is 16.1. The van der Waals surface area contributed by atoms with Crippen LogP contribution in [0.2, 0.25) is 0 Å². The van der Waals surface area contributed by atoms with Crippen LogP contribution in [-0.2, 0) is 11.3 Å². The van der Waals surface area contributed by atoms with Gasteiger partial charge < -0.3 is 24.1 Å². The lowest BCUT2D eigenvalue weighted by molar-refractivity contribution is -0.133. The average Bonchev–Trinajstić information content (AvgIpc) is 3.58. The second-order valence-corrected chi connectivity index (χ2v) is 10.1. The molecule has 0 spiro atoms. The summed E-state index contributed by atoms with van der Waals surface area (Å²) in [5, 5.41) is 3.28. The molecule has 33 heavy (non-hydrogen) atoms. The number of piperidine rings is 1. The minimum atomic E-state index is -0.936. The van der Waals surface area contributed by atoms with Gasteiger partial charge in [0, 0.05) is 12.6 Å². The molecular formula is C26H36N4O3. The van der Waals surface area contributed by atoms with Gasteiger partial charge in [0.15, 0.2) is 0 Å². The van der Waals surface area contributed by atoms with Gasteiger partial charge in [0.2, 0.25) is 5.91 Å². The molecule has 1 saturated carbocycles. The van der Waals surface area contributed by atoms with Crippen molar-refractivity contribution < 1.29 is 14.0 Å². The summed E-state index contributed by atoms with van der Waals surface area (Å²) < 4.78 is 7.59. The van der Waals surface area contributed by atoms with Crippen LogP contribution in [0.1, 0.15) is 68.8 Å². The normalized spacial score (nSPS) is 24.3. The van der Waals surface area contributed by atoms with E-state index in [4.69, 9.17) is 4.42 Å². The molecule has 2 amide bonds. The number of nitrogens with zero attached hydrogens (tertiary/aromatic N) is 3. The number of likely N-dealkylation sites (tertiary alicyclic amines) is 1. The summed E-state index contributed by atoms with van der Waals surface area (Å²) in [5.41, 5.74) is 0.538. The Hall–Kier alpha value is -2.54. The van der Waals surface area contributed by atoms with Gasteiger partial charge in [-0.15, -0.1) is 0 Å². The maximum Gasteiger partial charge on any atom is 0.271 e. The molecule has 0 unspecified atom stereocenters. The first-order valence-corrected chi connectivity index (χ1v) is 12.6. The minimum absolute atomic E-state index is 0.0366. The lowest BCUT2D eigenvalue weighted by Gasteiger charge is -2.45. The van der Waals surface area contributed by atoms with Gasteiger partial charge in [0.1, 0.15) is 17.0 Å². The molecule has 7 heteroatoms. The predicted molar refractivity (Wildman–Crippen MR) is 127 cm³/mol. The van der Waals surface area contributed by atoms with Crippen molar-refractivity contribution in [2.24, 2.45) is 0 Å². The summed E-state index contributed by atoms with van der Waals surface area (Å²) >= 11 is 0. The summed E-state index contributed by atoms with van der Waals surface area (Å²) in [5.74, 6) is 0.610. The van der Waals surface area contributed by atoms with Gasteiger partial charge in [-0.25, -0.2) is 0 Å². The minimum Gasteiger partial charge on any atom is -0.463 e. The van der Waals surface area contributed by atoms with E-state index in [9.17, 15) is 9.59 Å². The van der Waals surface area contributed by atoms with Gasteiger partial charge in [-0.3, -0.25) is 9.59 Å². The Bertz CT molecular complexity index is 970. The first-order valence-electron chi connectivity index (χ1n) is 12.6. The van der Waals surface area contributed by atoms with Gasteiger partial charge in [0.25, 0.3) is 5.91 Å². The van der Waals surface area contributed by atoms with Crippen molar-refractivity contribution in [3.63, 3.8) is 0 Å². The van der Waals surface area contributed by atoms with Crippen LogP contribution in [-0.4, -0.2) is 63.9 Å². The Balaban J connectivity index is 1.40. The second kappa shape index (κ2) is 9.37. The van der Waals surface area contributed by atoms with E-state index >= 15 is 0 Å². The predicted octanol–water partition coefficient (Wildman–Crippen LogP) is 3.90. The molecule has 4 heterocycles. The number of amides is 2. The molecule has 2 aromatic rings. The van der Waals surface area contributed by atoms with Crippen molar-refractivity contribution in [2.45, 2.75) is 76.4 Å². The highest BCUT2D eigenvalue weighted by molar-refractivity contribution is 6.00. The summed E-state index contributed by atoms with van der Waals surface area (Å²) in [6.07, 6.45) is 10.7. The van der Waals surface area contributed by atoms with Gasteiger partial charge in [-0.2, -0.15) is 0 Å². The number of hydrogen-bond acceptors (Lipinski definition) is 4. The summed E-state index contributed by atoms with van der Waals surface area (Å²) in [6.45, 7) is 6.21. The van der Waals surface area contributed by atoms with Gasteiger partial charge in [-0.1, -0.05) is 19.3 Å². The molecule has 2 aromatic heterocycles. The third kappa shape index (κ3) is 4.35. The van der Waals surface area contributed by atoms with E-state index in [2.05, 4.69) is 10.2 Å². The van der Waals surface area contributed by atoms with Crippen molar-refractivity contribution in [3.8, 4) is 11.5 Å². The molecule has 0 radical (unpaired) electrons. The Morgan fingerprint density at radius 2 is 1.82 bits per heavy atom. The lowest BCUT2D eigenvalue weighted by Crippen LogP contribution is -2.65. The van der Waals surface area contributed by atoms with Crippen molar-refractivity contribution in [1.82, 2.24) is 19.7 Å². The zero-order chi connectivity index (χ0) is 22.8. The van der Waals surface area contributed by atoms with Crippen LogP contribution in [0.15, 0.2) is 34.9 Å². The fourth-order valence-corrected chi connectivity index (χ4v) is 5.81. The summed E-state index contributed by atoms with van der Waals surface area (Å²) in [7, 11) is 0. The van der Waals surface area contributed by atoms with E-state index in [0.29, 0.717) is 24.5 Å². The monoisotopic (exact) mass is 452 g/mol. The number of furan rings is 1. The molecule has 5 rings (SSSR count). The quantitative estimate of drug-likeness (QED) is 0.692. The number of hydrogen-bond donors (Lipinski definition) is 1. The smallest absolute Gasteiger partial charge is 0.271 e. The van der Waals surface area contributed by atoms with Crippen molar-refractivity contribution in [3.05, 3.63) is 36.2 Å². The molecule has 2 fully saturated rings. The van der Waals surface area contributed by atoms with Crippen LogP contribution >= 0.6 is 0 Å². The fourth-order valence-electron chi connectivity index (χ4n) is 5.81. The number of fused-ring (bicyclic) bond motifs is 1. The van der Waals surface area contributed by atoms with Gasteiger partial charge in [-0.05, 0) is 82.9 Å². The zero-order valence-electron chi connectivity index (χ0n) is 19.7. The second-order valence-electron chi connectivity index (χ2n) is 10.1. The van der Waals surface area contributed by atoms with Gasteiger partial charge >= 0.3 is 0 Å². The molecule has 3 aliphatic rings. The Morgan fingerprint density at radius 1 is 1.06 bits per heavy atom. The maximum atomic E-state index is 13.7. The lowest BCUT2D eigenvalue weighted by atomic mass is 9.93. The molecular weight excluding hydrogens is 416 g/mol. The highest BCUT2D eigenvalue weighted by Gasteiger charge is 2.48. The molecule has 1 N–H and O–H groups in total. The number of rotatable bonds is 7.